The van der Waals surface area contributed by atoms with Crippen LogP contribution in [0, 0.1) is 0 Å². The third kappa shape index (κ3) is 5.69. The summed E-state index contributed by atoms with van der Waals surface area (Å²) in [6.07, 6.45) is 2.29. The van der Waals surface area contributed by atoms with E-state index in [1.807, 2.05) is 0 Å². The lowest BCUT2D eigenvalue weighted by Gasteiger charge is -2.18. The van der Waals surface area contributed by atoms with Gasteiger partial charge in [0.1, 0.15) is 0 Å². The summed E-state index contributed by atoms with van der Waals surface area (Å²) in [5.74, 6) is 0.502. The van der Waals surface area contributed by atoms with E-state index in [1.165, 1.54) is 0 Å². The molecule has 0 aromatic heterocycles. The highest BCUT2D eigenvalue weighted by atomic mass is 32.2. The number of hydrogen-bond donors (Lipinski definition) is 3. The van der Waals surface area contributed by atoms with E-state index >= 15 is 0 Å². The first kappa shape index (κ1) is 16.1. The SMILES string of the molecule is CCOC(=O)CCCC[C@@H]1SC[C@@H](NC(N)=O)[C@H]1O. The Balaban J connectivity index is 2.17. The van der Waals surface area contributed by atoms with E-state index in [4.69, 9.17) is 10.5 Å². The van der Waals surface area contributed by atoms with Crippen LogP contribution in [0.5, 0.6) is 0 Å². The van der Waals surface area contributed by atoms with Crippen molar-refractivity contribution in [3.63, 3.8) is 0 Å². The molecule has 0 aromatic carbocycles. The fraction of sp³-hybridized carbons (Fsp3) is 0.833. The van der Waals surface area contributed by atoms with E-state index in [2.05, 4.69) is 5.32 Å². The van der Waals surface area contributed by atoms with Crippen molar-refractivity contribution in [3.8, 4) is 0 Å². The van der Waals surface area contributed by atoms with Crippen molar-refractivity contribution < 1.29 is 19.4 Å². The zero-order valence-corrected chi connectivity index (χ0v) is 11.9. The lowest BCUT2D eigenvalue weighted by atomic mass is 10.0. The third-order valence-corrected chi connectivity index (χ3v) is 4.53. The average Bonchev–Trinajstić information content (AvgIpc) is 2.67. The van der Waals surface area contributed by atoms with Crippen molar-refractivity contribution in [2.45, 2.75) is 50.0 Å². The average molecular weight is 290 g/mol. The molecule has 1 aliphatic heterocycles. The molecule has 19 heavy (non-hydrogen) atoms. The van der Waals surface area contributed by atoms with Crippen LogP contribution in [0.25, 0.3) is 0 Å². The molecule has 0 saturated carbocycles. The van der Waals surface area contributed by atoms with Crippen LogP contribution in [0.1, 0.15) is 32.6 Å². The number of nitrogens with one attached hydrogen (secondary N) is 1. The van der Waals surface area contributed by atoms with Gasteiger partial charge in [0, 0.05) is 17.4 Å². The second-order valence-electron chi connectivity index (χ2n) is 4.53. The molecule has 0 aliphatic carbocycles. The second-order valence-corrected chi connectivity index (χ2v) is 5.80. The molecule has 4 N–H and O–H groups in total. The highest BCUT2D eigenvalue weighted by Crippen LogP contribution is 2.31. The number of esters is 1. The van der Waals surface area contributed by atoms with Gasteiger partial charge < -0.3 is 20.9 Å². The minimum absolute atomic E-state index is 0.0963. The van der Waals surface area contributed by atoms with Crippen LogP contribution in [-0.2, 0) is 9.53 Å². The molecule has 0 spiro atoms. The smallest absolute Gasteiger partial charge is 0.312 e. The number of aliphatic hydroxyl groups excluding tert-OH is 1. The molecule has 0 aromatic rings. The molecule has 110 valence electrons. The summed E-state index contributed by atoms with van der Waals surface area (Å²) < 4.78 is 4.84. The van der Waals surface area contributed by atoms with Crippen LogP contribution in [0.4, 0.5) is 4.79 Å². The van der Waals surface area contributed by atoms with Crippen molar-refractivity contribution in [3.05, 3.63) is 0 Å². The molecular weight excluding hydrogens is 268 g/mol. The van der Waals surface area contributed by atoms with Gasteiger partial charge in [-0.25, -0.2) is 4.79 Å². The molecule has 2 amide bonds. The molecule has 6 nitrogen and oxygen atoms in total. The van der Waals surface area contributed by atoms with E-state index < -0.39 is 12.1 Å². The van der Waals surface area contributed by atoms with Crippen molar-refractivity contribution in [2.24, 2.45) is 5.73 Å². The number of urea groups is 1. The van der Waals surface area contributed by atoms with E-state index in [0.717, 1.165) is 19.3 Å². The van der Waals surface area contributed by atoms with E-state index in [9.17, 15) is 14.7 Å². The number of aliphatic hydroxyl groups is 1. The molecule has 1 saturated heterocycles. The van der Waals surface area contributed by atoms with Gasteiger partial charge in [-0.1, -0.05) is 6.42 Å². The number of hydrogen-bond acceptors (Lipinski definition) is 5. The molecule has 0 radical (unpaired) electrons. The number of carbonyl (C=O) groups is 2. The van der Waals surface area contributed by atoms with Gasteiger partial charge in [-0.2, -0.15) is 11.8 Å². The lowest BCUT2D eigenvalue weighted by Crippen LogP contribution is -2.46. The largest absolute Gasteiger partial charge is 0.466 e. The van der Waals surface area contributed by atoms with Crippen LogP contribution in [-0.4, -0.2) is 46.9 Å². The predicted molar refractivity (Wildman–Crippen MR) is 73.9 cm³/mol. The maximum atomic E-state index is 11.1. The van der Waals surface area contributed by atoms with Crippen LogP contribution in [0.3, 0.4) is 0 Å². The molecule has 3 atom stereocenters. The minimum Gasteiger partial charge on any atom is -0.466 e. The Bertz CT molecular complexity index is 314. The molecule has 1 aliphatic rings. The predicted octanol–water partition coefficient (Wildman–Crippen LogP) is 0.623. The topological polar surface area (TPSA) is 102 Å². The van der Waals surface area contributed by atoms with Gasteiger partial charge in [-0.05, 0) is 19.8 Å². The maximum absolute atomic E-state index is 11.1. The summed E-state index contributed by atoms with van der Waals surface area (Å²) in [4.78, 5) is 21.9. The summed E-state index contributed by atoms with van der Waals surface area (Å²) in [6, 6.07) is -0.870. The van der Waals surface area contributed by atoms with E-state index in [1.54, 1.807) is 18.7 Å². The first-order valence-electron chi connectivity index (χ1n) is 6.55. The fourth-order valence-electron chi connectivity index (χ4n) is 2.10. The number of thioether (sulfide) groups is 1. The van der Waals surface area contributed by atoms with Crippen molar-refractivity contribution >= 4 is 23.8 Å². The number of rotatable bonds is 7. The van der Waals surface area contributed by atoms with Gasteiger partial charge in [0.15, 0.2) is 0 Å². The van der Waals surface area contributed by atoms with Crippen molar-refractivity contribution in [1.82, 2.24) is 5.32 Å². The Morgan fingerprint density at radius 3 is 2.84 bits per heavy atom. The molecule has 0 unspecified atom stereocenters. The molecular formula is C12H22N2O4S. The number of ether oxygens (including phenoxy) is 1. The standard InChI is InChI=1S/C12H22N2O4S/c1-2-18-10(15)6-4-3-5-9-11(16)8(7-19-9)14-12(13)17/h8-9,11,16H,2-7H2,1H3,(H3,13,14,17)/t8-,9+,11-/m1/s1. The zero-order valence-electron chi connectivity index (χ0n) is 11.1. The molecule has 1 heterocycles. The van der Waals surface area contributed by atoms with Gasteiger partial charge >= 0.3 is 12.0 Å². The lowest BCUT2D eigenvalue weighted by molar-refractivity contribution is -0.143. The summed E-state index contributed by atoms with van der Waals surface area (Å²) >= 11 is 1.63. The molecule has 0 bridgehead atoms. The Labute approximate surface area is 117 Å². The number of carbonyl (C=O) groups excluding carboxylic acids is 2. The highest BCUT2D eigenvalue weighted by molar-refractivity contribution is 8.00. The first-order valence-corrected chi connectivity index (χ1v) is 7.60. The minimum atomic E-state index is -0.604. The third-order valence-electron chi connectivity index (χ3n) is 3.04. The van der Waals surface area contributed by atoms with E-state index in [0.29, 0.717) is 18.8 Å². The number of nitrogens with two attached hydrogens (primary N) is 1. The second kappa shape index (κ2) is 8.27. The Kier molecular flexibility index (Phi) is 7.01. The Morgan fingerprint density at radius 2 is 2.21 bits per heavy atom. The first-order chi connectivity index (χ1) is 9.04. The quantitative estimate of drug-likeness (QED) is 0.471. The van der Waals surface area contributed by atoms with Crippen molar-refractivity contribution in [1.29, 1.82) is 0 Å². The Morgan fingerprint density at radius 1 is 1.47 bits per heavy atom. The van der Waals surface area contributed by atoms with Gasteiger partial charge in [-0.3, -0.25) is 4.79 Å². The number of unbranched alkanes of at least 4 members (excludes halogenated alkanes) is 1. The zero-order chi connectivity index (χ0) is 14.3. The summed E-state index contributed by atoms with van der Waals surface area (Å²) in [6.45, 7) is 2.20. The van der Waals surface area contributed by atoms with Gasteiger partial charge in [0.25, 0.3) is 0 Å². The van der Waals surface area contributed by atoms with Crippen LogP contribution in [0.2, 0.25) is 0 Å². The maximum Gasteiger partial charge on any atom is 0.312 e. The highest BCUT2D eigenvalue weighted by Gasteiger charge is 2.35. The normalized spacial score (nSPS) is 26.1. The summed E-state index contributed by atoms with van der Waals surface area (Å²) in [7, 11) is 0. The summed E-state index contributed by atoms with van der Waals surface area (Å²) in [5, 5.41) is 12.6. The molecule has 7 heteroatoms. The van der Waals surface area contributed by atoms with Gasteiger partial charge in [0.2, 0.25) is 0 Å². The molecule has 1 fully saturated rings. The summed E-state index contributed by atoms with van der Waals surface area (Å²) in [5.41, 5.74) is 5.04. The van der Waals surface area contributed by atoms with Gasteiger partial charge in [0.05, 0.1) is 18.8 Å². The monoisotopic (exact) mass is 290 g/mol. The van der Waals surface area contributed by atoms with Crippen LogP contribution < -0.4 is 11.1 Å². The molecule has 1 rings (SSSR count). The fourth-order valence-corrected chi connectivity index (χ4v) is 3.55. The Hall–Kier alpha value is -0.950. The van der Waals surface area contributed by atoms with Gasteiger partial charge in [-0.15, -0.1) is 0 Å². The number of amides is 2. The van der Waals surface area contributed by atoms with Crippen LogP contribution >= 0.6 is 11.8 Å². The number of primary amides is 1. The van der Waals surface area contributed by atoms with E-state index in [-0.39, 0.29) is 17.3 Å². The van der Waals surface area contributed by atoms with Crippen molar-refractivity contribution in [2.75, 3.05) is 12.4 Å². The van der Waals surface area contributed by atoms with Crippen LogP contribution in [0.15, 0.2) is 0 Å².